The molecular formula is C24H25BrN2O3S. The minimum absolute atomic E-state index is 0.0531. The van der Waals surface area contributed by atoms with Crippen molar-refractivity contribution in [3.05, 3.63) is 63.1 Å². The molecule has 1 aliphatic carbocycles. The number of hydrogen-bond donors (Lipinski definition) is 1. The van der Waals surface area contributed by atoms with Crippen LogP contribution in [0.1, 0.15) is 43.3 Å². The van der Waals surface area contributed by atoms with E-state index < -0.39 is 11.0 Å². The first-order valence-corrected chi connectivity index (χ1v) is 11.9. The second-order valence-corrected chi connectivity index (χ2v) is 11.1. The number of thiazole rings is 1. The van der Waals surface area contributed by atoms with Gasteiger partial charge in [0.2, 0.25) is 5.91 Å². The number of hydrogen-bond acceptors (Lipinski definition) is 5. The van der Waals surface area contributed by atoms with Gasteiger partial charge in [0.25, 0.3) is 0 Å². The highest BCUT2D eigenvalue weighted by atomic mass is 79.9. The lowest BCUT2D eigenvalue weighted by Gasteiger charge is -2.28. The lowest BCUT2D eigenvalue weighted by atomic mass is 9.80. The molecule has 1 aromatic heterocycles. The standard InChI is InChI=1S/C24H25BrN2O3S/c1-23(2,3)30-21(28)13-24(11-15-6-4-5-7-16(15)12-24)22(29)26-14-20-27-18-10-17(25)8-9-19(18)31-20/h4-10H,11-14H2,1-3H3,(H,26,29). The van der Waals surface area contributed by atoms with Gasteiger partial charge in [-0.05, 0) is 62.9 Å². The second-order valence-electron chi connectivity index (χ2n) is 9.07. The summed E-state index contributed by atoms with van der Waals surface area (Å²) in [6.07, 6.45) is 1.11. The number of benzene rings is 2. The maximum atomic E-state index is 13.4. The molecule has 0 saturated heterocycles. The van der Waals surface area contributed by atoms with E-state index in [0.29, 0.717) is 19.4 Å². The highest BCUT2D eigenvalue weighted by Crippen LogP contribution is 2.41. The fourth-order valence-electron chi connectivity index (χ4n) is 4.08. The van der Waals surface area contributed by atoms with Crippen LogP contribution in [0.25, 0.3) is 10.2 Å². The molecule has 7 heteroatoms. The summed E-state index contributed by atoms with van der Waals surface area (Å²) in [5, 5.41) is 3.89. The van der Waals surface area contributed by atoms with Crippen LogP contribution in [0, 0.1) is 5.41 Å². The first kappa shape index (κ1) is 22.0. The van der Waals surface area contributed by atoms with Crippen molar-refractivity contribution in [1.29, 1.82) is 0 Å². The Kier molecular flexibility index (Phi) is 5.92. The summed E-state index contributed by atoms with van der Waals surface area (Å²) >= 11 is 5.02. The van der Waals surface area contributed by atoms with Gasteiger partial charge in [0, 0.05) is 4.47 Å². The zero-order valence-electron chi connectivity index (χ0n) is 17.8. The number of fused-ring (bicyclic) bond motifs is 2. The number of nitrogens with zero attached hydrogens (tertiary/aromatic N) is 1. The Bertz CT molecular complexity index is 1120. The predicted molar refractivity (Wildman–Crippen MR) is 126 cm³/mol. The van der Waals surface area contributed by atoms with Crippen molar-refractivity contribution >= 4 is 49.4 Å². The third-order valence-corrected chi connectivity index (χ3v) is 6.88. The molecule has 0 bridgehead atoms. The van der Waals surface area contributed by atoms with Gasteiger partial charge in [-0.25, -0.2) is 4.98 Å². The zero-order valence-corrected chi connectivity index (χ0v) is 20.2. The number of rotatable bonds is 5. The number of aromatic nitrogens is 1. The summed E-state index contributed by atoms with van der Waals surface area (Å²) < 4.78 is 7.60. The number of amides is 1. The van der Waals surface area contributed by atoms with E-state index in [9.17, 15) is 9.59 Å². The molecule has 0 spiro atoms. The minimum atomic E-state index is -0.842. The molecule has 0 unspecified atom stereocenters. The second kappa shape index (κ2) is 8.36. The molecule has 1 N–H and O–H groups in total. The van der Waals surface area contributed by atoms with Gasteiger partial charge in [0.1, 0.15) is 10.6 Å². The predicted octanol–water partition coefficient (Wildman–Crippen LogP) is 5.19. The first-order valence-electron chi connectivity index (χ1n) is 10.3. The Morgan fingerprint density at radius 2 is 1.84 bits per heavy atom. The SMILES string of the molecule is CC(C)(C)OC(=O)CC1(C(=O)NCc2nc3cc(Br)ccc3s2)Cc2ccccc2C1. The normalized spacial score (nSPS) is 15.0. The number of carbonyl (C=O) groups is 2. The third-order valence-electron chi connectivity index (χ3n) is 5.35. The summed E-state index contributed by atoms with van der Waals surface area (Å²) in [7, 11) is 0. The third kappa shape index (κ3) is 4.99. The quantitative estimate of drug-likeness (QED) is 0.489. The van der Waals surface area contributed by atoms with Crippen molar-refractivity contribution in [2.24, 2.45) is 5.41 Å². The molecule has 31 heavy (non-hydrogen) atoms. The van der Waals surface area contributed by atoms with Gasteiger partial charge in [-0.2, -0.15) is 0 Å². The van der Waals surface area contributed by atoms with Crippen LogP contribution in [-0.2, 0) is 33.7 Å². The van der Waals surface area contributed by atoms with Crippen molar-refractivity contribution in [1.82, 2.24) is 10.3 Å². The van der Waals surface area contributed by atoms with E-state index in [4.69, 9.17) is 4.74 Å². The Labute approximate surface area is 194 Å². The molecule has 4 rings (SSSR count). The largest absolute Gasteiger partial charge is 0.460 e. The lowest BCUT2D eigenvalue weighted by Crippen LogP contribution is -2.44. The van der Waals surface area contributed by atoms with E-state index in [0.717, 1.165) is 30.8 Å². The molecule has 5 nitrogen and oxygen atoms in total. The number of nitrogens with one attached hydrogen (secondary N) is 1. The maximum absolute atomic E-state index is 13.4. The van der Waals surface area contributed by atoms with E-state index in [1.165, 1.54) is 0 Å². The first-order chi connectivity index (χ1) is 14.6. The van der Waals surface area contributed by atoms with Gasteiger partial charge >= 0.3 is 5.97 Å². The van der Waals surface area contributed by atoms with E-state index in [1.807, 2.05) is 63.2 Å². The van der Waals surface area contributed by atoms with Crippen LogP contribution in [0.3, 0.4) is 0 Å². The average Bonchev–Trinajstić information content (AvgIpc) is 3.25. The molecule has 0 saturated carbocycles. The summed E-state index contributed by atoms with van der Waals surface area (Å²) in [5.74, 6) is -0.477. The van der Waals surface area contributed by atoms with Crippen LogP contribution in [-0.4, -0.2) is 22.5 Å². The fraction of sp³-hybridized carbons (Fsp3) is 0.375. The smallest absolute Gasteiger partial charge is 0.307 e. The highest BCUT2D eigenvalue weighted by Gasteiger charge is 2.46. The van der Waals surface area contributed by atoms with Crippen molar-refractivity contribution < 1.29 is 14.3 Å². The van der Waals surface area contributed by atoms with Crippen LogP contribution >= 0.6 is 27.3 Å². The summed E-state index contributed by atoms with van der Waals surface area (Å²) in [6.45, 7) is 5.85. The van der Waals surface area contributed by atoms with Crippen LogP contribution in [0.5, 0.6) is 0 Å². The molecule has 0 aliphatic heterocycles. The number of halogens is 1. The Hall–Kier alpha value is -2.25. The molecular weight excluding hydrogens is 476 g/mol. The molecule has 3 aromatic rings. The van der Waals surface area contributed by atoms with Gasteiger partial charge in [-0.1, -0.05) is 40.2 Å². The summed E-state index contributed by atoms with van der Waals surface area (Å²) in [5.41, 5.74) is 1.71. The van der Waals surface area contributed by atoms with E-state index in [-0.39, 0.29) is 18.3 Å². The Balaban J connectivity index is 1.53. The van der Waals surface area contributed by atoms with Crippen molar-refractivity contribution in [3.8, 4) is 0 Å². The molecule has 162 valence electrons. The van der Waals surface area contributed by atoms with Crippen LogP contribution < -0.4 is 5.32 Å². The average molecular weight is 501 g/mol. The molecule has 0 radical (unpaired) electrons. The van der Waals surface area contributed by atoms with Crippen LogP contribution in [0.4, 0.5) is 0 Å². The van der Waals surface area contributed by atoms with Crippen LogP contribution in [0.2, 0.25) is 0 Å². The lowest BCUT2D eigenvalue weighted by molar-refractivity contribution is -0.160. The van der Waals surface area contributed by atoms with Crippen LogP contribution in [0.15, 0.2) is 46.9 Å². The van der Waals surface area contributed by atoms with E-state index in [1.54, 1.807) is 11.3 Å². The number of ether oxygens (including phenoxy) is 1. The topological polar surface area (TPSA) is 68.3 Å². The maximum Gasteiger partial charge on any atom is 0.307 e. The Morgan fingerprint density at radius 1 is 1.16 bits per heavy atom. The van der Waals surface area contributed by atoms with Gasteiger partial charge in [0.05, 0.1) is 28.6 Å². The van der Waals surface area contributed by atoms with Gasteiger partial charge < -0.3 is 10.1 Å². The zero-order chi connectivity index (χ0) is 22.2. The monoisotopic (exact) mass is 500 g/mol. The van der Waals surface area contributed by atoms with Crippen molar-refractivity contribution in [2.75, 3.05) is 0 Å². The van der Waals surface area contributed by atoms with Crippen molar-refractivity contribution in [2.45, 2.75) is 52.2 Å². The van der Waals surface area contributed by atoms with E-state index in [2.05, 4.69) is 26.2 Å². The summed E-state index contributed by atoms with van der Waals surface area (Å²) in [4.78, 5) is 30.7. The fourth-order valence-corrected chi connectivity index (χ4v) is 5.32. The molecule has 1 heterocycles. The molecule has 0 fully saturated rings. The van der Waals surface area contributed by atoms with Gasteiger partial charge in [0.15, 0.2) is 0 Å². The Morgan fingerprint density at radius 3 is 2.48 bits per heavy atom. The van der Waals surface area contributed by atoms with Gasteiger partial charge in [-0.15, -0.1) is 11.3 Å². The highest BCUT2D eigenvalue weighted by molar-refractivity contribution is 9.10. The van der Waals surface area contributed by atoms with Gasteiger partial charge in [-0.3, -0.25) is 9.59 Å². The van der Waals surface area contributed by atoms with E-state index >= 15 is 0 Å². The number of esters is 1. The summed E-state index contributed by atoms with van der Waals surface area (Å²) in [6, 6.07) is 14.0. The molecule has 2 aromatic carbocycles. The molecule has 0 atom stereocenters. The molecule has 1 aliphatic rings. The number of carbonyl (C=O) groups excluding carboxylic acids is 2. The minimum Gasteiger partial charge on any atom is -0.460 e. The van der Waals surface area contributed by atoms with Crippen molar-refractivity contribution in [3.63, 3.8) is 0 Å². The molecule has 1 amide bonds.